The zero-order chi connectivity index (χ0) is 13.8. The molecular weight excluding hydrogens is 230 g/mol. The minimum Gasteiger partial charge on any atom is -0.394 e. The Morgan fingerprint density at radius 2 is 1.89 bits per heavy atom. The summed E-state index contributed by atoms with van der Waals surface area (Å²) in [6, 6.07) is 7.30. The molecule has 100 valence electrons. The first-order valence-electron chi connectivity index (χ1n) is 5.89. The van der Waals surface area contributed by atoms with Crippen molar-refractivity contribution in [3.63, 3.8) is 0 Å². The zero-order valence-electron chi connectivity index (χ0n) is 11.4. The van der Waals surface area contributed by atoms with Crippen molar-refractivity contribution in [2.75, 3.05) is 20.8 Å². The number of likely N-dealkylation sites (N-methyl/N-ethyl adjacent to an activating group) is 1. The van der Waals surface area contributed by atoms with E-state index >= 15 is 0 Å². The first-order chi connectivity index (χ1) is 8.42. The number of carbonyl (C=O) groups is 1. The number of amides is 1. The van der Waals surface area contributed by atoms with Gasteiger partial charge in [0.1, 0.15) is 0 Å². The second-order valence-electron chi connectivity index (χ2n) is 4.96. The van der Waals surface area contributed by atoms with Gasteiger partial charge in [0.2, 0.25) is 0 Å². The van der Waals surface area contributed by atoms with Crippen molar-refractivity contribution in [3.05, 3.63) is 35.4 Å². The summed E-state index contributed by atoms with van der Waals surface area (Å²) in [5.41, 5.74) is 1.07. The Bertz CT molecular complexity index is 398. The average molecular weight is 251 g/mol. The van der Waals surface area contributed by atoms with E-state index in [-0.39, 0.29) is 12.5 Å². The van der Waals surface area contributed by atoms with Crippen molar-refractivity contribution >= 4 is 5.91 Å². The Morgan fingerprint density at radius 1 is 1.33 bits per heavy atom. The molecule has 0 aliphatic carbocycles. The molecule has 0 spiro atoms. The van der Waals surface area contributed by atoms with Gasteiger partial charge in [0.25, 0.3) is 5.91 Å². The SMILES string of the molecule is COCc1ccc(C(=O)N(C)C(C)(C)CO)cc1. The lowest BCUT2D eigenvalue weighted by atomic mass is 10.0. The Hall–Kier alpha value is -1.39. The van der Waals surface area contributed by atoms with Crippen LogP contribution in [0.2, 0.25) is 0 Å². The van der Waals surface area contributed by atoms with E-state index in [1.807, 2.05) is 26.0 Å². The maximum atomic E-state index is 12.2. The van der Waals surface area contributed by atoms with Gasteiger partial charge in [-0.2, -0.15) is 0 Å². The molecule has 18 heavy (non-hydrogen) atoms. The van der Waals surface area contributed by atoms with Crippen LogP contribution in [-0.2, 0) is 11.3 Å². The van der Waals surface area contributed by atoms with Crippen molar-refractivity contribution in [3.8, 4) is 0 Å². The highest BCUT2D eigenvalue weighted by molar-refractivity contribution is 5.94. The number of rotatable bonds is 5. The quantitative estimate of drug-likeness (QED) is 0.866. The number of methoxy groups -OCH3 is 1. The smallest absolute Gasteiger partial charge is 0.254 e. The normalized spacial score (nSPS) is 11.4. The summed E-state index contributed by atoms with van der Waals surface area (Å²) >= 11 is 0. The van der Waals surface area contributed by atoms with Gasteiger partial charge in [-0.3, -0.25) is 4.79 Å². The molecule has 0 heterocycles. The van der Waals surface area contributed by atoms with Gasteiger partial charge in [0.15, 0.2) is 0 Å². The Labute approximate surface area is 108 Å². The van der Waals surface area contributed by atoms with Crippen LogP contribution in [0, 0.1) is 0 Å². The lowest BCUT2D eigenvalue weighted by molar-refractivity contribution is 0.0473. The van der Waals surface area contributed by atoms with Crippen LogP contribution in [0.4, 0.5) is 0 Å². The summed E-state index contributed by atoms with van der Waals surface area (Å²) in [4.78, 5) is 13.8. The van der Waals surface area contributed by atoms with Crippen molar-refractivity contribution in [1.82, 2.24) is 4.90 Å². The van der Waals surface area contributed by atoms with Crippen LogP contribution in [0.1, 0.15) is 29.8 Å². The third kappa shape index (κ3) is 3.31. The van der Waals surface area contributed by atoms with E-state index in [4.69, 9.17) is 4.74 Å². The molecule has 0 saturated heterocycles. The molecule has 4 heteroatoms. The Kier molecular flexibility index (Phi) is 4.87. The van der Waals surface area contributed by atoms with Crippen LogP contribution in [0.3, 0.4) is 0 Å². The van der Waals surface area contributed by atoms with E-state index < -0.39 is 5.54 Å². The van der Waals surface area contributed by atoms with E-state index in [1.165, 1.54) is 0 Å². The van der Waals surface area contributed by atoms with Crippen LogP contribution in [-0.4, -0.2) is 42.2 Å². The van der Waals surface area contributed by atoms with Crippen molar-refractivity contribution in [2.45, 2.75) is 26.0 Å². The molecule has 0 aliphatic rings. The minimum atomic E-state index is -0.567. The molecule has 1 rings (SSSR count). The number of aliphatic hydroxyl groups excluding tert-OH is 1. The first-order valence-corrected chi connectivity index (χ1v) is 5.89. The van der Waals surface area contributed by atoms with Gasteiger partial charge in [0, 0.05) is 19.7 Å². The second-order valence-corrected chi connectivity index (χ2v) is 4.96. The first kappa shape index (κ1) is 14.7. The number of nitrogens with zero attached hydrogens (tertiary/aromatic N) is 1. The van der Waals surface area contributed by atoms with E-state index in [2.05, 4.69) is 0 Å². The van der Waals surface area contributed by atoms with Gasteiger partial charge >= 0.3 is 0 Å². The highest BCUT2D eigenvalue weighted by Gasteiger charge is 2.27. The van der Waals surface area contributed by atoms with Gasteiger partial charge in [-0.25, -0.2) is 0 Å². The maximum Gasteiger partial charge on any atom is 0.254 e. The van der Waals surface area contributed by atoms with Crippen LogP contribution in [0.5, 0.6) is 0 Å². The topological polar surface area (TPSA) is 49.8 Å². The Morgan fingerprint density at radius 3 is 2.33 bits per heavy atom. The molecule has 1 aromatic rings. The largest absolute Gasteiger partial charge is 0.394 e. The summed E-state index contributed by atoms with van der Waals surface area (Å²) in [6.07, 6.45) is 0. The minimum absolute atomic E-state index is 0.0724. The molecule has 0 aliphatic heterocycles. The van der Waals surface area contributed by atoms with Crippen LogP contribution in [0.15, 0.2) is 24.3 Å². The predicted molar refractivity (Wildman–Crippen MR) is 70.4 cm³/mol. The van der Waals surface area contributed by atoms with Gasteiger partial charge < -0.3 is 14.7 Å². The van der Waals surface area contributed by atoms with E-state index in [0.29, 0.717) is 12.2 Å². The summed E-state index contributed by atoms with van der Waals surface area (Å²) in [7, 11) is 3.33. The monoisotopic (exact) mass is 251 g/mol. The predicted octanol–water partition coefficient (Wildman–Crippen LogP) is 1.68. The van der Waals surface area contributed by atoms with Gasteiger partial charge in [-0.15, -0.1) is 0 Å². The molecule has 0 bridgehead atoms. The molecule has 4 nitrogen and oxygen atoms in total. The van der Waals surface area contributed by atoms with E-state index in [9.17, 15) is 9.90 Å². The highest BCUT2D eigenvalue weighted by atomic mass is 16.5. The van der Waals surface area contributed by atoms with Crippen LogP contribution >= 0.6 is 0 Å². The fourth-order valence-electron chi connectivity index (χ4n) is 1.48. The molecule has 0 fully saturated rings. The zero-order valence-corrected chi connectivity index (χ0v) is 11.4. The van der Waals surface area contributed by atoms with Crippen molar-refractivity contribution < 1.29 is 14.6 Å². The summed E-state index contributed by atoms with van der Waals surface area (Å²) in [5, 5.41) is 9.26. The lowest BCUT2D eigenvalue weighted by Crippen LogP contribution is -2.47. The van der Waals surface area contributed by atoms with Crippen LogP contribution in [0.25, 0.3) is 0 Å². The molecular formula is C14H21NO3. The van der Waals surface area contributed by atoms with E-state index in [0.717, 1.165) is 5.56 Å². The number of hydrogen-bond donors (Lipinski definition) is 1. The van der Waals surface area contributed by atoms with Crippen LogP contribution < -0.4 is 0 Å². The average Bonchev–Trinajstić information content (AvgIpc) is 2.38. The molecule has 1 amide bonds. The fourth-order valence-corrected chi connectivity index (χ4v) is 1.48. The number of aliphatic hydroxyl groups is 1. The standard InChI is InChI=1S/C14H21NO3/c1-14(2,10-16)15(3)13(17)12-7-5-11(6-8-12)9-18-4/h5-8,16H,9-10H2,1-4H3. The summed E-state index contributed by atoms with van der Waals surface area (Å²) in [5.74, 6) is -0.0991. The number of benzene rings is 1. The summed E-state index contributed by atoms with van der Waals surface area (Å²) < 4.78 is 5.02. The molecule has 0 aromatic heterocycles. The lowest BCUT2D eigenvalue weighted by Gasteiger charge is -2.34. The molecule has 0 saturated carbocycles. The second kappa shape index (κ2) is 5.98. The van der Waals surface area contributed by atoms with E-state index in [1.54, 1.807) is 31.2 Å². The van der Waals surface area contributed by atoms with Crippen molar-refractivity contribution in [1.29, 1.82) is 0 Å². The number of hydrogen-bond acceptors (Lipinski definition) is 3. The fraction of sp³-hybridized carbons (Fsp3) is 0.500. The van der Waals surface area contributed by atoms with Crippen molar-refractivity contribution in [2.24, 2.45) is 0 Å². The molecule has 0 atom stereocenters. The molecule has 0 unspecified atom stereocenters. The Balaban J connectivity index is 2.84. The van der Waals surface area contributed by atoms with Gasteiger partial charge in [-0.05, 0) is 31.5 Å². The molecule has 0 radical (unpaired) electrons. The number of ether oxygens (including phenoxy) is 1. The van der Waals surface area contributed by atoms with Gasteiger partial charge in [0.05, 0.1) is 18.8 Å². The van der Waals surface area contributed by atoms with Gasteiger partial charge in [-0.1, -0.05) is 12.1 Å². The third-order valence-electron chi connectivity index (χ3n) is 3.11. The molecule has 1 N–H and O–H groups in total. The third-order valence-corrected chi connectivity index (χ3v) is 3.11. The number of carbonyl (C=O) groups excluding carboxylic acids is 1. The maximum absolute atomic E-state index is 12.2. The molecule has 1 aromatic carbocycles. The summed E-state index contributed by atoms with van der Waals surface area (Å²) in [6.45, 7) is 4.11. The highest BCUT2D eigenvalue weighted by Crippen LogP contribution is 2.16.